The Morgan fingerprint density at radius 2 is 2.05 bits per heavy atom. The lowest BCUT2D eigenvalue weighted by molar-refractivity contribution is -0.142. The third-order valence-corrected chi connectivity index (χ3v) is 4.17. The molecule has 3 N–H and O–H groups in total. The fourth-order valence-electron chi connectivity index (χ4n) is 3.05. The van der Waals surface area contributed by atoms with Crippen molar-refractivity contribution < 1.29 is 9.53 Å². The number of nitrogens with two attached hydrogens (primary N) is 1. The Bertz CT molecular complexity index is 645. The predicted molar refractivity (Wildman–Crippen MR) is 78.6 cm³/mol. The van der Waals surface area contributed by atoms with Crippen molar-refractivity contribution in [1.29, 1.82) is 0 Å². The molecule has 106 valence electrons. The summed E-state index contributed by atoms with van der Waals surface area (Å²) < 4.78 is 4.69. The van der Waals surface area contributed by atoms with Crippen LogP contribution in [-0.4, -0.2) is 24.1 Å². The van der Waals surface area contributed by atoms with E-state index in [9.17, 15) is 4.79 Å². The summed E-state index contributed by atoms with van der Waals surface area (Å²) in [6.07, 6.45) is 7.32. The number of methoxy groups -OCH3 is 1. The van der Waals surface area contributed by atoms with Gasteiger partial charge in [0.2, 0.25) is 0 Å². The molecule has 1 aromatic heterocycles. The van der Waals surface area contributed by atoms with Crippen molar-refractivity contribution in [2.45, 2.75) is 38.1 Å². The highest BCUT2D eigenvalue weighted by Crippen LogP contribution is 2.28. The molecular formula is C16H20N2O2. The van der Waals surface area contributed by atoms with Gasteiger partial charge in [0, 0.05) is 23.5 Å². The first-order valence-electron chi connectivity index (χ1n) is 7.14. The summed E-state index contributed by atoms with van der Waals surface area (Å²) in [5, 5.41) is 1.19. The van der Waals surface area contributed by atoms with E-state index < -0.39 is 6.04 Å². The number of ether oxygens (including phenoxy) is 1. The van der Waals surface area contributed by atoms with Gasteiger partial charge in [-0.05, 0) is 54.5 Å². The molecule has 1 aliphatic carbocycles. The Labute approximate surface area is 118 Å². The van der Waals surface area contributed by atoms with Gasteiger partial charge in [-0.1, -0.05) is 0 Å². The van der Waals surface area contributed by atoms with Gasteiger partial charge >= 0.3 is 5.97 Å². The third kappa shape index (κ3) is 2.31. The molecule has 0 saturated heterocycles. The van der Waals surface area contributed by atoms with E-state index in [-0.39, 0.29) is 5.97 Å². The number of esters is 1. The van der Waals surface area contributed by atoms with E-state index in [1.807, 2.05) is 6.20 Å². The number of nitrogens with one attached hydrogen (secondary N) is 1. The molecule has 1 aromatic carbocycles. The maximum atomic E-state index is 11.4. The van der Waals surface area contributed by atoms with Crippen molar-refractivity contribution in [3.05, 3.63) is 35.0 Å². The Balaban J connectivity index is 1.94. The summed E-state index contributed by atoms with van der Waals surface area (Å²) in [5.74, 6) is -0.364. The largest absolute Gasteiger partial charge is 0.468 e. The number of carbonyl (C=O) groups is 1. The quantitative estimate of drug-likeness (QED) is 0.841. The highest BCUT2D eigenvalue weighted by atomic mass is 16.5. The first-order valence-corrected chi connectivity index (χ1v) is 7.14. The summed E-state index contributed by atoms with van der Waals surface area (Å²) in [5.41, 5.74) is 11.0. The zero-order valence-electron chi connectivity index (χ0n) is 11.7. The van der Waals surface area contributed by atoms with Crippen molar-refractivity contribution in [2.24, 2.45) is 5.73 Å². The minimum absolute atomic E-state index is 0.364. The molecule has 1 unspecified atom stereocenters. The van der Waals surface area contributed by atoms with Crippen LogP contribution in [0.2, 0.25) is 0 Å². The normalized spacial score (nSPS) is 15.9. The number of carbonyl (C=O) groups excluding carboxylic acids is 1. The summed E-state index contributed by atoms with van der Waals surface area (Å²) >= 11 is 0. The van der Waals surface area contributed by atoms with Crippen molar-refractivity contribution in [3.8, 4) is 0 Å². The molecule has 1 aliphatic rings. The van der Waals surface area contributed by atoms with E-state index in [1.54, 1.807) is 0 Å². The van der Waals surface area contributed by atoms with Gasteiger partial charge in [0.05, 0.1) is 7.11 Å². The van der Waals surface area contributed by atoms with Crippen LogP contribution in [0.15, 0.2) is 18.3 Å². The third-order valence-electron chi connectivity index (χ3n) is 4.17. The summed E-state index contributed by atoms with van der Waals surface area (Å²) in [6, 6.07) is 3.91. The molecule has 0 amide bonds. The molecule has 0 radical (unpaired) electrons. The highest BCUT2D eigenvalue weighted by molar-refractivity contribution is 5.86. The van der Waals surface area contributed by atoms with Crippen LogP contribution < -0.4 is 5.73 Å². The van der Waals surface area contributed by atoms with Crippen LogP contribution in [0, 0.1) is 0 Å². The smallest absolute Gasteiger partial charge is 0.322 e. The Morgan fingerprint density at radius 1 is 1.35 bits per heavy atom. The van der Waals surface area contributed by atoms with Gasteiger partial charge in [0.1, 0.15) is 6.04 Å². The van der Waals surface area contributed by atoms with Gasteiger partial charge < -0.3 is 15.5 Å². The molecule has 0 saturated carbocycles. The zero-order valence-corrected chi connectivity index (χ0v) is 11.7. The van der Waals surface area contributed by atoms with Crippen LogP contribution in [0.1, 0.15) is 29.5 Å². The van der Waals surface area contributed by atoms with E-state index in [0.29, 0.717) is 6.42 Å². The van der Waals surface area contributed by atoms with Crippen LogP contribution in [0.25, 0.3) is 10.9 Å². The average Bonchev–Trinajstić information content (AvgIpc) is 2.86. The number of benzene rings is 1. The van der Waals surface area contributed by atoms with Gasteiger partial charge in [0.25, 0.3) is 0 Å². The molecule has 4 heteroatoms. The van der Waals surface area contributed by atoms with E-state index in [1.165, 1.54) is 42.9 Å². The Morgan fingerprint density at radius 3 is 2.75 bits per heavy atom. The number of fused-ring (bicyclic) bond motifs is 2. The lowest BCUT2D eigenvalue weighted by Gasteiger charge is -2.16. The van der Waals surface area contributed by atoms with Gasteiger partial charge in [-0.25, -0.2) is 0 Å². The van der Waals surface area contributed by atoms with Crippen LogP contribution in [0.5, 0.6) is 0 Å². The van der Waals surface area contributed by atoms with Crippen LogP contribution in [0.4, 0.5) is 0 Å². The van der Waals surface area contributed by atoms with Crippen LogP contribution in [-0.2, 0) is 28.8 Å². The number of hydrogen-bond acceptors (Lipinski definition) is 3. The number of aromatic amines is 1. The highest BCUT2D eigenvalue weighted by Gasteiger charge is 2.18. The molecule has 0 aliphatic heterocycles. The standard InChI is InChI=1S/C16H20N2O2/c1-20-16(19)14(17)7-12-9-18-15-8-11-5-3-2-4-10(11)6-13(12)15/h6,8-9,14,18H,2-5,7,17H2,1H3. The van der Waals surface area contributed by atoms with E-state index >= 15 is 0 Å². The van der Waals surface area contributed by atoms with Crippen molar-refractivity contribution in [2.75, 3.05) is 7.11 Å². The predicted octanol–water partition coefficient (Wildman–Crippen LogP) is 2.09. The minimum Gasteiger partial charge on any atom is -0.468 e. The molecule has 2 aromatic rings. The minimum atomic E-state index is -0.602. The monoisotopic (exact) mass is 272 g/mol. The van der Waals surface area contributed by atoms with E-state index in [4.69, 9.17) is 5.73 Å². The summed E-state index contributed by atoms with van der Waals surface area (Å²) in [7, 11) is 1.37. The number of aromatic nitrogens is 1. The number of rotatable bonds is 3. The van der Waals surface area contributed by atoms with Gasteiger partial charge in [-0.2, -0.15) is 0 Å². The molecule has 0 bridgehead atoms. The second-order valence-corrected chi connectivity index (χ2v) is 5.52. The molecule has 1 heterocycles. The first-order chi connectivity index (χ1) is 9.69. The summed E-state index contributed by atoms with van der Waals surface area (Å²) in [4.78, 5) is 14.7. The number of hydrogen-bond donors (Lipinski definition) is 2. The lowest BCUT2D eigenvalue weighted by atomic mass is 9.90. The van der Waals surface area contributed by atoms with E-state index in [2.05, 4.69) is 21.9 Å². The fraction of sp³-hybridized carbons (Fsp3) is 0.438. The van der Waals surface area contributed by atoms with Crippen LogP contribution in [0.3, 0.4) is 0 Å². The fourth-order valence-corrected chi connectivity index (χ4v) is 3.05. The van der Waals surface area contributed by atoms with Crippen molar-refractivity contribution in [3.63, 3.8) is 0 Å². The maximum Gasteiger partial charge on any atom is 0.322 e. The van der Waals surface area contributed by atoms with Crippen molar-refractivity contribution in [1.82, 2.24) is 4.98 Å². The maximum absolute atomic E-state index is 11.4. The topological polar surface area (TPSA) is 68.1 Å². The van der Waals surface area contributed by atoms with Crippen molar-refractivity contribution >= 4 is 16.9 Å². The SMILES string of the molecule is COC(=O)C(N)Cc1c[nH]c2cc3c(cc12)CCCC3. The Hall–Kier alpha value is -1.81. The molecule has 4 nitrogen and oxygen atoms in total. The first kappa shape index (κ1) is 13.2. The van der Waals surface area contributed by atoms with Crippen LogP contribution >= 0.6 is 0 Å². The van der Waals surface area contributed by atoms with Gasteiger partial charge in [-0.3, -0.25) is 4.79 Å². The molecule has 1 atom stereocenters. The van der Waals surface area contributed by atoms with Gasteiger partial charge in [0.15, 0.2) is 0 Å². The number of H-pyrrole nitrogens is 1. The second kappa shape index (κ2) is 5.29. The van der Waals surface area contributed by atoms with E-state index in [0.717, 1.165) is 17.5 Å². The summed E-state index contributed by atoms with van der Waals surface area (Å²) in [6.45, 7) is 0. The number of aryl methyl sites for hydroxylation is 2. The lowest BCUT2D eigenvalue weighted by Crippen LogP contribution is -2.33. The molecular weight excluding hydrogens is 252 g/mol. The molecule has 20 heavy (non-hydrogen) atoms. The molecule has 0 fully saturated rings. The molecule has 0 spiro atoms. The molecule has 3 rings (SSSR count). The zero-order chi connectivity index (χ0) is 14.1. The average molecular weight is 272 g/mol. The Kier molecular flexibility index (Phi) is 3.49. The van der Waals surface area contributed by atoms with Gasteiger partial charge in [-0.15, -0.1) is 0 Å². The second-order valence-electron chi connectivity index (χ2n) is 5.52.